The lowest BCUT2D eigenvalue weighted by Crippen LogP contribution is -2.18. The molecule has 278 valence electrons. The number of hydrogen-bond donors (Lipinski definition) is 5. The molecule has 0 unspecified atom stereocenters. The number of aromatic nitrogens is 2. The van der Waals surface area contributed by atoms with Crippen molar-refractivity contribution in [2.45, 2.75) is 94.7 Å². The molecule has 10 nitrogen and oxygen atoms in total. The van der Waals surface area contributed by atoms with E-state index in [4.69, 9.17) is 0 Å². The average molecular weight is 753 g/mol. The van der Waals surface area contributed by atoms with Crippen LogP contribution in [0.15, 0.2) is 83.2 Å². The van der Waals surface area contributed by atoms with E-state index in [0.29, 0.717) is 43.5 Å². The average Bonchev–Trinajstić information content (AvgIpc) is 3.63. The Kier molecular flexibility index (Phi) is 15.5. The summed E-state index contributed by atoms with van der Waals surface area (Å²) in [5.74, 6) is -0.528. The van der Waals surface area contributed by atoms with Gasteiger partial charge in [-0.3, -0.25) is 25.2 Å². The molecule has 0 spiro atoms. The standard InChI is InChI=1S/C41H48N6O4S2/c1-2-3-4-5-6-7-8-9-10-11-12-13-18-29-19-14-17-22-36(29)44-38(50)35-27-34(32-20-15-16-21-33(32)37(35)49)39-46-47-41(52-39)53-40(51)43-30-23-25-31(26-24-30)45-42-28-48/h14-17,19-28,45,49H,2-13,18H2,1H3,(H,42,48)(H,43,51)(H,44,50). The predicted octanol–water partition coefficient (Wildman–Crippen LogP) is 11.0. The van der Waals surface area contributed by atoms with Gasteiger partial charge in [0.15, 0.2) is 4.34 Å². The Balaban J connectivity index is 1.20. The number of unbranched alkanes of at least 4 members (excludes halogenated alkanes) is 11. The Morgan fingerprint density at radius 3 is 2.08 bits per heavy atom. The highest BCUT2D eigenvalue weighted by molar-refractivity contribution is 8.15. The number of aromatic hydroxyl groups is 1. The zero-order valence-electron chi connectivity index (χ0n) is 30.2. The third-order valence-electron chi connectivity index (χ3n) is 9.05. The summed E-state index contributed by atoms with van der Waals surface area (Å²) in [4.78, 5) is 37.1. The summed E-state index contributed by atoms with van der Waals surface area (Å²) in [5, 5.41) is 27.2. The lowest BCUT2D eigenvalue weighted by molar-refractivity contribution is -0.109. The maximum atomic E-state index is 13.8. The molecule has 5 aromatic rings. The molecule has 5 rings (SSSR count). The van der Waals surface area contributed by atoms with E-state index in [-0.39, 0.29) is 16.6 Å². The van der Waals surface area contributed by atoms with E-state index in [9.17, 15) is 19.5 Å². The van der Waals surface area contributed by atoms with Crippen molar-refractivity contribution in [2.24, 2.45) is 0 Å². The van der Waals surface area contributed by atoms with Crippen LogP contribution in [0.4, 0.5) is 21.9 Å². The highest BCUT2D eigenvalue weighted by Crippen LogP contribution is 2.40. The van der Waals surface area contributed by atoms with Crippen LogP contribution in [0, 0.1) is 0 Å². The molecule has 0 radical (unpaired) electrons. The van der Waals surface area contributed by atoms with E-state index < -0.39 is 5.91 Å². The van der Waals surface area contributed by atoms with Crippen LogP contribution in [0.3, 0.4) is 0 Å². The van der Waals surface area contributed by atoms with Gasteiger partial charge in [0.05, 0.1) is 11.3 Å². The van der Waals surface area contributed by atoms with E-state index >= 15 is 0 Å². The van der Waals surface area contributed by atoms with Crippen LogP contribution in [0.25, 0.3) is 21.3 Å². The number of rotatable bonds is 21. The second-order valence-electron chi connectivity index (χ2n) is 13.0. The van der Waals surface area contributed by atoms with Gasteiger partial charge in [-0.05, 0) is 60.2 Å². The molecule has 4 aromatic carbocycles. The van der Waals surface area contributed by atoms with Crippen LogP contribution in [0.5, 0.6) is 5.75 Å². The monoisotopic (exact) mass is 752 g/mol. The molecule has 0 aliphatic carbocycles. The molecule has 1 heterocycles. The fraction of sp³-hybridized carbons (Fsp3) is 0.341. The first kappa shape index (κ1) is 39.3. The zero-order valence-corrected chi connectivity index (χ0v) is 31.8. The topological polar surface area (TPSA) is 145 Å². The molecule has 0 aliphatic rings. The number of carbonyl (C=O) groups is 3. The van der Waals surface area contributed by atoms with E-state index in [1.165, 1.54) is 75.5 Å². The number of anilines is 3. The molecule has 0 saturated heterocycles. The molecule has 3 amide bonds. The molecular weight excluding hydrogens is 705 g/mol. The smallest absolute Gasteiger partial charge is 0.290 e. The molecule has 0 bridgehead atoms. The van der Waals surface area contributed by atoms with Crippen LogP contribution in [-0.2, 0) is 11.2 Å². The second kappa shape index (κ2) is 20.9. The summed E-state index contributed by atoms with van der Waals surface area (Å²) in [7, 11) is 0. The maximum absolute atomic E-state index is 13.8. The van der Waals surface area contributed by atoms with Gasteiger partial charge in [-0.2, -0.15) is 0 Å². The number of carbonyl (C=O) groups excluding carboxylic acids is 3. The highest BCUT2D eigenvalue weighted by atomic mass is 32.2. The Bertz CT molecular complexity index is 1950. The van der Waals surface area contributed by atoms with Gasteiger partial charge < -0.3 is 15.7 Å². The van der Waals surface area contributed by atoms with Crippen molar-refractivity contribution in [2.75, 3.05) is 16.1 Å². The minimum absolute atomic E-state index is 0.109. The van der Waals surface area contributed by atoms with E-state index in [0.717, 1.165) is 42.3 Å². The summed E-state index contributed by atoms with van der Waals surface area (Å²) < 4.78 is 0.417. The molecule has 0 aliphatic heterocycles. The molecule has 12 heteroatoms. The number of amides is 3. The van der Waals surface area contributed by atoms with Crippen molar-refractivity contribution < 1.29 is 19.5 Å². The number of hydrazine groups is 1. The van der Waals surface area contributed by atoms with Crippen molar-refractivity contribution in [3.63, 3.8) is 0 Å². The first-order valence-electron chi connectivity index (χ1n) is 18.5. The minimum atomic E-state index is -0.418. The van der Waals surface area contributed by atoms with Gasteiger partial charge in [0.2, 0.25) is 6.41 Å². The number of aryl methyl sites for hydroxylation is 1. The first-order valence-corrected chi connectivity index (χ1v) is 20.1. The van der Waals surface area contributed by atoms with Crippen LogP contribution < -0.4 is 21.5 Å². The summed E-state index contributed by atoms with van der Waals surface area (Å²) >= 11 is 2.12. The minimum Gasteiger partial charge on any atom is -0.506 e. The Morgan fingerprint density at radius 2 is 1.38 bits per heavy atom. The summed E-state index contributed by atoms with van der Waals surface area (Å²) in [6, 6.07) is 23.6. The van der Waals surface area contributed by atoms with Gasteiger partial charge in [-0.25, -0.2) is 0 Å². The molecular formula is C41H48N6O4S2. The summed E-state index contributed by atoms with van der Waals surface area (Å²) in [6.07, 6.45) is 16.9. The second-order valence-corrected chi connectivity index (χ2v) is 15.2. The van der Waals surface area contributed by atoms with Gasteiger partial charge in [0.1, 0.15) is 10.8 Å². The molecule has 1 aromatic heterocycles. The number of nitrogens with one attached hydrogen (secondary N) is 4. The van der Waals surface area contributed by atoms with E-state index in [2.05, 4.69) is 44.7 Å². The van der Waals surface area contributed by atoms with Gasteiger partial charge in [0, 0.05) is 34.1 Å². The number of phenolic OH excluding ortho intramolecular Hbond substituents is 1. The Labute approximate surface area is 319 Å². The highest BCUT2D eigenvalue weighted by Gasteiger charge is 2.21. The van der Waals surface area contributed by atoms with Crippen molar-refractivity contribution in [3.8, 4) is 16.3 Å². The zero-order chi connectivity index (χ0) is 37.3. The van der Waals surface area contributed by atoms with Crippen molar-refractivity contribution >= 4 is 68.5 Å². The van der Waals surface area contributed by atoms with Crippen molar-refractivity contribution in [1.82, 2.24) is 15.6 Å². The molecule has 5 N–H and O–H groups in total. The predicted molar refractivity (Wildman–Crippen MR) is 218 cm³/mol. The van der Waals surface area contributed by atoms with Gasteiger partial charge in [-0.15, -0.1) is 10.2 Å². The largest absolute Gasteiger partial charge is 0.506 e. The Hall–Kier alpha value is -4.94. The van der Waals surface area contributed by atoms with Crippen molar-refractivity contribution in [3.05, 3.63) is 90.0 Å². The van der Waals surface area contributed by atoms with Gasteiger partial charge >= 0.3 is 0 Å². The molecule has 0 atom stereocenters. The normalized spacial score (nSPS) is 11.0. The molecule has 53 heavy (non-hydrogen) atoms. The lowest BCUT2D eigenvalue weighted by atomic mass is 9.98. The van der Waals surface area contributed by atoms with Gasteiger partial charge in [0.25, 0.3) is 11.1 Å². The van der Waals surface area contributed by atoms with E-state index in [1.54, 1.807) is 36.4 Å². The lowest BCUT2D eigenvalue weighted by Gasteiger charge is -2.14. The fourth-order valence-electron chi connectivity index (χ4n) is 6.25. The van der Waals surface area contributed by atoms with Gasteiger partial charge in [-0.1, -0.05) is 131 Å². The Morgan fingerprint density at radius 1 is 0.755 bits per heavy atom. The first-order chi connectivity index (χ1) is 26.0. The number of hydrogen-bond acceptors (Lipinski definition) is 9. The van der Waals surface area contributed by atoms with Crippen LogP contribution in [0.1, 0.15) is 99.9 Å². The molecule has 0 fully saturated rings. The van der Waals surface area contributed by atoms with E-state index in [1.807, 2.05) is 36.4 Å². The maximum Gasteiger partial charge on any atom is 0.290 e. The number of para-hydroxylation sites is 1. The number of thioether (sulfide) groups is 1. The number of phenols is 1. The van der Waals surface area contributed by atoms with Crippen molar-refractivity contribution in [1.29, 1.82) is 0 Å². The fourth-order valence-corrected chi connectivity index (χ4v) is 7.90. The molecule has 0 saturated carbocycles. The van der Waals surface area contributed by atoms with Crippen LogP contribution >= 0.6 is 23.1 Å². The summed E-state index contributed by atoms with van der Waals surface area (Å²) in [5.41, 5.74) is 8.85. The quantitative estimate of drug-likeness (QED) is 0.0215. The third kappa shape index (κ3) is 11.8. The van der Waals surface area contributed by atoms with Crippen LogP contribution in [0.2, 0.25) is 0 Å². The van der Waals surface area contributed by atoms with Crippen LogP contribution in [-0.4, -0.2) is 32.9 Å². The third-order valence-corrected chi connectivity index (χ3v) is 10.8. The summed E-state index contributed by atoms with van der Waals surface area (Å²) in [6.45, 7) is 2.26. The number of benzene rings is 4. The number of nitrogens with zero attached hydrogens (tertiary/aromatic N) is 2. The number of fused-ring (bicyclic) bond motifs is 1. The SMILES string of the molecule is CCCCCCCCCCCCCCc1ccccc1NC(=O)c1cc(-c2nnc(SC(=O)Nc3ccc(NNC=O)cc3)s2)c2ccccc2c1O.